The van der Waals surface area contributed by atoms with Crippen LogP contribution in [0.2, 0.25) is 0 Å². The molecule has 26 heavy (non-hydrogen) atoms. The topological polar surface area (TPSA) is 110 Å². The third-order valence-corrected chi connectivity index (χ3v) is 3.08. The van der Waals surface area contributed by atoms with Gasteiger partial charge in [0.1, 0.15) is 23.1 Å². The normalized spacial score (nSPS) is 13.0. The van der Waals surface area contributed by atoms with Gasteiger partial charge in [-0.05, 0) is 61.3 Å². The van der Waals surface area contributed by atoms with Crippen molar-refractivity contribution in [3.63, 3.8) is 0 Å². The molecular formula is C18H29N3O5. The van der Waals surface area contributed by atoms with Gasteiger partial charge in [0, 0.05) is 11.8 Å². The Labute approximate surface area is 153 Å². The Hall–Kier alpha value is -2.38. The molecule has 0 aliphatic heterocycles. The van der Waals surface area contributed by atoms with Crippen molar-refractivity contribution in [3.05, 3.63) is 27.9 Å². The molecule has 146 valence electrons. The summed E-state index contributed by atoms with van der Waals surface area (Å²) in [5.74, 6) is -0.0748. The number of hydrogen-bond donors (Lipinski definition) is 2. The smallest absolute Gasteiger partial charge is 0.408 e. The SMILES string of the molecule is Cc1ncc(CCC(NC(=O)OC(C)(C)C)C(=O)OC(C)(C)C)c(=O)[nH]1. The number of ether oxygens (including phenoxy) is 2. The van der Waals surface area contributed by atoms with Crippen molar-refractivity contribution in [1.29, 1.82) is 0 Å². The summed E-state index contributed by atoms with van der Waals surface area (Å²) in [6, 6.07) is -0.940. The third-order valence-electron chi connectivity index (χ3n) is 3.08. The highest BCUT2D eigenvalue weighted by atomic mass is 16.6. The van der Waals surface area contributed by atoms with Crippen molar-refractivity contribution in [3.8, 4) is 0 Å². The Kier molecular flexibility index (Phi) is 6.94. The van der Waals surface area contributed by atoms with Gasteiger partial charge >= 0.3 is 12.1 Å². The van der Waals surface area contributed by atoms with Crippen LogP contribution in [-0.2, 0) is 20.7 Å². The lowest BCUT2D eigenvalue weighted by Gasteiger charge is -2.26. The van der Waals surface area contributed by atoms with Gasteiger partial charge in [-0.25, -0.2) is 14.6 Å². The number of rotatable bonds is 5. The molecule has 1 aromatic heterocycles. The first-order chi connectivity index (χ1) is 11.8. The summed E-state index contributed by atoms with van der Waals surface area (Å²) in [5.41, 5.74) is -1.23. The second-order valence-corrected chi connectivity index (χ2v) is 8.09. The van der Waals surface area contributed by atoms with Crippen molar-refractivity contribution in [2.45, 2.75) is 78.6 Å². The molecule has 0 aliphatic carbocycles. The molecule has 8 heteroatoms. The average molecular weight is 367 g/mol. The first kappa shape index (κ1) is 21.7. The van der Waals surface area contributed by atoms with Crippen LogP contribution in [0.3, 0.4) is 0 Å². The van der Waals surface area contributed by atoms with Gasteiger partial charge in [0.25, 0.3) is 5.56 Å². The lowest BCUT2D eigenvalue weighted by molar-refractivity contribution is -0.157. The highest BCUT2D eigenvalue weighted by molar-refractivity contribution is 5.81. The van der Waals surface area contributed by atoms with E-state index in [9.17, 15) is 14.4 Å². The summed E-state index contributed by atoms with van der Waals surface area (Å²) in [7, 11) is 0. The van der Waals surface area contributed by atoms with Gasteiger partial charge in [-0.2, -0.15) is 0 Å². The molecule has 0 bridgehead atoms. The van der Waals surface area contributed by atoms with Gasteiger partial charge in [0.05, 0.1) is 0 Å². The van der Waals surface area contributed by atoms with Crippen LogP contribution in [0.15, 0.2) is 11.0 Å². The van der Waals surface area contributed by atoms with E-state index in [-0.39, 0.29) is 18.4 Å². The number of amides is 1. The Morgan fingerprint density at radius 1 is 1.15 bits per heavy atom. The average Bonchev–Trinajstić information content (AvgIpc) is 2.40. The quantitative estimate of drug-likeness (QED) is 0.772. The highest BCUT2D eigenvalue weighted by Gasteiger charge is 2.28. The monoisotopic (exact) mass is 367 g/mol. The van der Waals surface area contributed by atoms with Crippen molar-refractivity contribution >= 4 is 12.1 Å². The van der Waals surface area contributed by atoms with Crippen molar-refractivity contribution < 1.29 is 19.1 Å². The number of aryl methyl sites for hydroxylation is 2. The molecular weight excluding hydrogens is 338 g/mol. The van der Waals surface area contributed by atoms with Gasteiger partial charge in [0.15, 0.2) is 0 Å². The minimum atomic E-state index is -0.940. The lowest BCUT2D eigenvalue weighted by atomic mass is 10.1. The van der Waals surface area contributed by atoms with E-state index < -0.39 is 29.3 Å². The molecule has 0 fully saturated rings. The molecule has 0 saturated heterocycles. The molecule has 0 radical (unpaired) electrons. The van der Waals surface area contributed by atoms with Crippen LogP contribution >= 0.6 is 0 Å². The van der Waals surface area contributed by atoms with Crippen LogP contribution in [0, 0.1) is 6.92 Å². The molecule has 1 aromatic rings. The Morgan fingerprint density at radius 3 is 2.23 bits per heavy atom. The number of nitrogens with zero attached hydrogens (tertiary/aromatic N) is 1. The Balaban J connectivity index is 2.87. The summed E-state index contributed by atoms with van der Waals surface area (Å²) in [4.78, 5) is 43.1. The summed E-state index contributed by atoms with van der Waals surface area (Å²) in [5, 5.41) is 2.53. The van der Waals surface area contributed by atoms with Crippen molar-refractivity contribution in [1.82, 2.24) is 15.3 Å². The number of carbonyl (C=O) groups is 2. The van der Waals surface area contributed by atoms with Gasteiger partial charge in [0.2, 0.25) is 0 Å². The van der Waals surface area contributed by atoms with E-state index >= 15 is 0 Å². The number of esters is 1. The van der Waals surface area contributed by atoms with E-state index in [4.69, 9.17) is 9.47 Å². The summed E-state index contributed by atoms with van der Waals surface area (Å²) >= 11 is 0. The number of aromatic amines is 1. The van der Waals surface area contributed by atoms with Crippen LogP contribution in [-0.4, -0.2) is 39.3 Å². The van der Waals surface area contributed by atoms with Crippen LogP contribution < -0.4 is 10.9 Å². The van der Waals surface area contributed by atoms with Crippen LogP contribution in [0.4, 0.5) is 4.79 Å². The van der Waals surface area contributed by atoms with E-state index in [1.54, 1.807) is 48.5 Å². The first-order valence-electron chi connectivity index (χ1n) is 8.54. The number of alkyl carbamates (subject to hydrolysis) is 1. The molecule has 1 heterocycles. The van der Waals surface area contributed by atoms with E-state index in [1.165, 1.54) is 6.20 Å². The minimum Gasteiger partial charge on any atom is -0.458 e. The fourth-order valence-corrected chi connectivity index (χ4v) is 2.06. The largest absolute Gasteiger partial charge is 0.458 e. The molecule has 1 unspecified atom stereocenters. The predicted octanol–water partition coefficient (Wildman–Crippen LogP) is 2.25. The third kappa shape index (κ3) is 8.13. The second kappa shape index (κ2) is 8.33. The van der Waals surface area contributed by atoms with E-state index in [1.807, 2.05) is 0 Å². The summed E-state index contributed by atoms with van der Waals surface area (Å²) in [6.45, 7) is 12.1. The van der Waals surface area contributed by atoms with E-state index in [0.717, 1.165) is 0 Å². The molecule has 8 nitrogen and oxygen atoms in total. The van der Waals surface area contributed by atoms with Gasteiger partial charge in [-0.1, -0.05) is 0 Å². The lowest BCUT2D eigenvalue weighted by Crippen LogP contribution is -2.46. The van der Waals surface area contributed by atoms with Gasteiger partial charge < -0.3 is 19.8 Å². The zero-order valence-corrected chi connectivity index (χ0v) is 16.6. The summed E-state index contributed by atoms with van der Waals surface area (Å²) in [6.07, 6.45) is 1.18. The van der Waals surface area contributed by atoms with Crippen molar-refractivity contribution in [2.75, 3.05) is 0 Å². The molecule has 0 spiro atoms. The molecule has 1 rings (SSSR count). The number of hydrogen-bond acceptors (Lipinski definition) is 6. The Morgan fingerprint density at radius 2 is 1.73 bits per heavy atom. The molecule has 0 aliphatic rings. The van der Waals surface area contributed by atoms with Gasteiger partial charge in [-0.3, -0.25) is 4.79 Å². The number of carbonyl (C=O) groups excluding carboxylic acids is 2. The minimum absolute atomic E-state index is 0.183. The molecule has 2 N–H and O–H groups in total. The van der Waals surface area contributed by atoms with E-state index in [0.29, 0.717) is 11.4 Å². The van der Waals surface area contributed by atoms with Crippen LogP contribution in [0.5, 0.6) is 0 Å². The molecule has 1 amide bonds. The second-order valence-electron chi connectivity index (χ2n) is 8.09. The maximum Gasteiger partial charge on any atom is 0.408 e. The maximum atomic E-state index is 12.4. The summed E-state index contributed by atoms with van der Waals surface area (Å²) < 4.78 is 10.6. The van der Waals surface area contributed by atoms with Gasteiger partial charge in [-0.15, -0.1) is 0 Å². The first-order valence-corrected chi connectivity index (χ1v) is 8.54. The standard InChI is InChI=1S/C18H29N3O5/c1-11-19-10-12(14(22)20-11)8-9-13(15(23)25-17(2,3)4)21-16(24)26-18(5,6)7/h10,13H,8-9H2,1-7H3,(H,21,24)(H,19,20,22). The fraction of sp³-hybridized carbons (Fsp3) is 0.667. The van der Waals surface area contributed by atoms with E-state index in [2.05, 4.69) is 15.3 Å². The molecule has 0 saturated carbocycles. The number of aromatic nitrogens is 2. The Bertz CT molecular complexity index is 698. The zero-order chi connectivity index (χ0) is 20.1. The maximum absolute atomic E-state index is 12.4. The molecule has 1 atom stereocenters. The van der Waals surface area contributed by atoms with Crippen LogP contribution in [0.25, 0.3) is 0 Å². The molecule has 0 aromatic carbocycles. The van der Waals surface area contributed by atoms with Crippen LogP contribution in [0.1, 0.15) is 59.4 Å². The fourth-order valence-electron chi connectivity index (χ4n) is 2.06. The zero-order valence-electron chi connectivity index (χ0n) is 16.6. The highest BCUT2D eigenvalue weighted by Crippen LogP contribution is 2.12. The van der Waals surface area contributed by atoms with Crippen molar-refractivity contribution in [2.24, 2.45) is 0 Å². The number of nitrogens with one attached hydrogen (secondary N) is 2. The predicted molar refractivity (Wildman–Crippen MR) is 96.9 cm³/mol. The number of H-pyrrole nitrogens is 1.